The molecule has 1 N–H and O–H groups in total. The molecule has 1 aliphatic heterocycles. The number of carbonyl (C=O) groups is 2. The quantitative estimate of drug-likeness (QED) is 0.817. The Kier molecular flexibility index (Phi) is 6.54. The van der Waals surface area contributed by atoms with Gasteiger partial charge in [-0.05, 0) is 32.6 Å². The van der Waals surface area contributed by atoms with Crippen molar-refractivity contribution < 1.29 is 14.3 Å². The van der Waals surface area contributed by atoms with Crippen molar-refractivity contribution >= 4 is 12.0 Å². The molecule has 0 aromatic carbocycles. The highest BCUT2D eigenvalue weighted by atomic mass is 16.5. The van der Waals surface area contributed by atoms with Gasteiger partial charge >= 0.3 is 6.09 Å². The molecule has 0 aliphatic carbocycles. The van der Waals surface area contributed by atoms with Crippen molar-refractivity contribution in [3.63, 3.8) is 0 Å². The molecule has 1 saturated heterocycles. The standard InChI is InChI=1S/C13H24N2O3/c1-3-11(14-13(17)18-4-2)10-12(16)15-8-6-5-7-9-15/h11H,3-10H2,1-2H3,(H,14,17). The fourth-order valence-corrected chi connectivity index (χ4v) is 2.12. The summed E-state index contributed by atoms with van der Waals surface area (Å²) in [6.45, 7) is 5.78. The van der Waals surface area contributed by atoms with Crippen LogP contribution in [0.3, 0.4) is 0 Å². The predicted octanol–water partition coefficient (Wildman–Crippen LogP) is 1.91. The second-order valence-electron chi connectivity index (χ2n) is 4.62. The van der Waals surface area contributed by atoms with Crippen LogP contribution in [-0.4, -0.2) is 42.6 Å². The Labute approximate surface area is 109 Å². The van der Waals surface area contributed by atoms with Crippen molar-refractivity contribution in [2.24, 2.45) is 0 Å². The van der Waals surface area contributed by atoms with E-state index < -0.39 is 6.09 Å². The summed E-state index contributed by atoms with van der Waals surface area (Å²) >= 11 is 0. The molecule has 1 rings (SSSR count). The smallest absolute Gasteiger partial charge is 0.407 e. The van der Waals surface area contributed by atoms with Crippen molar-refractivity contribution in [1.82, 2.24) is 10.2 Å². The highest BCUT2D eigenvalue weighted by molar-refractivity contribution is 5.78. The van der Waals surface area contributed by atoms with E-state index >= 15 is 0 Å². The van der Waals surface area contributed by atoms with Gasteiger partial charge in [-0.2, -0.15) is 0 Å². The Hall–Kier alpha value is -1.26. The number of amides is 2. The lowest BCUT2D eigenvalue weighted by Gasteiger charge is -2.28. The van der Waals surface area contributed by atoms with Crippen LogP contribution in [0.15, 0.2) is 0 Å². The summed E-state index contributed by atoms with van der Waals surface area (Å²) in [4.78, 5) is 25.3. The van der Waals surface area contributed by atoms with Gasteiger partial charge in [-0.3, -0.25) is 4.79 Å². The van der Waals surface area contributed by atoms with E-state index in [2.05, 4.69) is 5.32 Å². The maximum Gasteiger partial charge on any atom is 0.407 e. The van der Waals surface area contributed by atoms with Gasteiger partial charge < -0.3 is 15.0 Å². The van der Waals surface area contributed by atoms with Gasteiger partial charge in [-0.1, -0.05) is 6.92 Å². The van der Waals surface area contributed by atoms with Crippen molar-refractivity contribution in [1.29, 1.82) is 0 Å². The van der Waals surface area contributed by atoms with Gasteiger partial charge in [-0.15, -0.1) is 0 Å². The molecular weight excluding hydrogens is 232 g/mol. The third-order valence-electron chi connectivity index (χ3n) is 3.22. The second kappa shape index (κ2) is 7.95. The summed E-state index contributed by atoms with van der Waals surface area (Å²) in [5, 5.41) is 2.73. The molecule has 5 heteroatoms. The minimum Gasteiger partial charge on any atom is -0.450 e. The van der Waals surface area contributed by atoms with E-state index in [4.69, 9.17) is 4.74 Å². The molecule has 0 radical (unpaired) electrons. The summed E-state index contributed by atoms with van der Waals surface area (Å²) < 4.78 is 4.83. The van der Waals surface area contributed by atoms with Gasteiger partial charge in [0.25, 0.3) is 0 Å². The van der Waals surface area contributed by atoms with Crippen LogP contribution in [0.5, 0.6) is 0 Å². The van der Waals surface area contributed by atoms with Crippen molar-refractivity contribution in [2.75, 3.05) is 19.7 Å². The van der Waals surface area contributed by atoms with Gasteiger partial charge in [0.05, 0.1) is 6.61 Å². The van der Waals surface area contributed by atoms with Crippen molar-refractivity contribution in [3.05, 3.63) is 0 Å². The van der Waals surface area contributed by atoms with Crippen LogP contribution in [0.25, 0.3) is 0 Å². The summed E-state index contributed by atoms with van der Waals surface area (Å²) in [7, 11) is 0. The fourth-order valence-electron chi connectivity index (χ4n) is 2.12. The molecule has 1 fully saturated rings. The highest BCUT2D eigenvalue weighted by Gasteiger charge is 2.21. The van der Waals surface area contributed by atoms with Gasteiger partial charge in [0.1, 0.15) is 0 Å². The Bertz CT molecular complexity index is 275. The number of alkyl carbamates (subject to hydrolysis) is 1. The Morgan fingerprint density at radius 3 is 2.44 bits per heavy atom. The highest BCUT2D eigenvalue weighted by Crippen LogP contribution is 2.11. The van der Waals surface area contributed by atoms with Crippen molar-refractivity contribution in [2.45, 2.75) is 52.0 Å². The first-order valence-corrected chi connectivity index (χ1v) is 6.88. The fraction of sp³-hybridized carbons (Fsp3) is 0.846. The van der Waals surface area contributed by atoms with Crippen LogP contribution in [0.1, 0.15) is 46.0 Å². The number of rotatable bonds is 5. The van der Waals surface area contributed by atoms with E-state index in [1.807, 2.05) is 11.8 Å². The van der Waals surface area contributed by atoms with Gasteiger partial charge in [-0.25, -0.2) is 4.79 Å². The molecule has 5 nitrogen and oxygen atoms in total. The summed E-state index contributed by atoms with van der Waals surface area (Å²) in [6.07, 6.45) is 4.06. The van der Waals surface area contributed by atoms with E-state index in [1.165, 1.54) is 6.42 Å². The van der Waals surface area contributed by atoms with E-state index in [1.54, 1.807) is 6.92 Å². The van der Waals surface area contributed by atoms with Crippen LogP contribution in [0.2, 0.25) is 0 Å². The van der Waals surface area contributed by atoms with E-state index in [9.17, 15) is 9.59 Å². The number of hydrogen-bond donors (Lipinski definition) is 1. The Balaban J connectivity index is 2.36. The molecule has 0 spiro atoms. The lowest BCUT2D eigenvalue weighted by Crippen LogP contribution is -2.42. The number of hydrogen-bond acceptors (Lipinski definition) is 3. The van der Waals surface area contributed by atoms with E-state index in [0.717, 1.165) is 32.4 Å². The third kappa shape index (κ3) is 4.94. The monoisotopic (exact) mass is 256 g/mol. The number of likely N-dealkylation sites (tertiary alicyclic amines) is 1. The van der Waals surface area contributed by atoms with Gasteiger partial charge in [0, 0.05) is 25.6 Å². The molecule has 104 valence electrons. The number of nitrogens with one attached hydrogen (secondary N) is 1. The molecule has 18 heavy (non-hydrogen) atoms. The number of carbonyl (C=O) groups excluding carboxylic acids is 2. The first-order chi connectivity index (χ1) is 8.67. The lowest BCUT2D eigenvalue weighted by molar-refractivity contribution is -0.132. The van der Waals surface area contributed by atoms with E-state index in [0.29, 0.717) is 13.0 Å². The van der Waals surface area contributed by atoms with Gasteiger partial charge in [0.15, 0.2) is 0 Å². The zero-order valence-corrected chi connectivity index (χ0v) is 11.4. The predicted molar refractivity (Wildman–Crippen MR) is 69.3 cm³/mol. The van der Waals surface area contributed by atoms with Crippen LogP contribution < -0.4 is 5.32 Å². The average molecular weight is 256 g/mol. The molecule has 1 heterocycles. The summed E-state index contributed by atoms with van der Waals surface area (Å²) in [5.41, 5.74) is 0. The molecule has 0 aromatic rings. The van der Waals surface area contributed by atoms with Crippen molar-refractivity contribution in [3.8, 4) is 0 Å². The molecule has 1 atom stereocenters. The van der Waals surface area contributed by atoms with Gasteiger partial charge in [0.2, 0.25) is 5.91 Å². The van der Waals surface area contributed by atoms with Crippen LogP contribution in [0.4, 0.5) is 4.79 Å². The number of nitrogens with zero attached hydrogens (tertiary/aromatic N) is 1. The molecule has 1 aliphatic rings. The summed E-state index contributed by atoms with van der Waals surface area (Å²) in [6, 6.07) is -0.126. The Morgan fingerprint density at radius 1 is 1.22 bits per heavy atom. The molecule has 2 amide bonds. The number of piperidine rings is 1. The largest absolute Gasteiger partial charge is 0.450 e. The lowest BCUT2D eigenvalue weighted by atomic mass is 10.1. The molecular formula is C13H24N2O3. The topological polar surface area (TPSA) is 58.6 Å². The second-order valence-corrected chi connectivity index (χ2v) is 4.62. The third-order valence-corrected chi connectivity index (χ3v) is 3.22. The maximum absolute atomic E-state index is 12.0. The maximum atomic E-state index is 12.0. The normalized spacial score (nSPS) is 17.1. The molecule has 0 bridgehead atoms. The first-order valence-electron chi connectivity index (χ1n) is 6.88. The van der Waals surface area contributed by atoms with Crippen LogP contribution >= 0.6 is 0 Å². The average Bonchev–Trinajstić information content (AvgIpc) is 2.39. The molecule has 1 unspecified atom stereocenters. The van der Waals surface area contributed by atoms with E-state index in [-0.39, 0.29) is 11.9 Å². The molecule has 0 aromatic heterocycles. The zero-order chi connectivity index (χ0) is 13.4. The SMILES string of the molecule is CCOC(=O)NC(CC)CC(=O)N1CCCCC1. The summed E-state index contributed by atoms with van der Waals surface area (Å²) in [5.74, 6) is 0.137. The minimum absolute atomic E-state index is 0.126. The zero-order valence-electron chi connectivity index (χ0n) is 11.4. The first kappa shape index (κ1) is 14.8. The molecule has 0 saturated carbocycles. The van der Waals surface area contributed by atoms with Crippen LogP contribution in [0, 0.1) is 0 Å². The van der Waals surface area contributed by atoms with Crippen LogP contribution in [-0.2, 0) is 9.53 Å². The number of ether oxygens (including phenoxy) is 1. The minimum atomic E-state index is -0.434. The Morgan fingerprint density at radius 2 is 1.89 bits per heavy atom.